The number of hydrogen-bond acceptors (Lipinski definition) is 4. The summed E-state index contributed by atoms with van der Waals surface area (Å²) in [7, 11) is 0. The van der Waals surface area contributed by atoms with Crippen molar-refractivity contribution in [1.82, 2.24) is 9.80 Å². The van der Waals surface area contributed by atoms with Gasteiger partial charge in [0.05, 0.1) is 5.75 Å². The third-order valence-corrected chi connectivity index (χ3v) is 6.38. The zero-order chi connectivity index (χ0) is 16.9. The van der Waals surface area contributed by atoms with Crippen molar-refractivity contribution in [3.63, 3.8) is 0 Å². The minimum absolute atomic E-state index is 0.261. The van der Waals surface area contributed by atoms with E-state index in [2.05, 4.69) is 54.5 Å². The van der Waals surface area contributed by atoms with Crippen LogP contribution in [0.2, 0.25) is 0 Å². The fourth-order valence-electron chi connectivity index (χ4n) is 2.87. The molecule has 0 N–H and O–H groups in total. The van der Waals surface area contributed by atoms with E-state index < -0.39 is 0 Å². The van der Waals surface area contributed by atoms with Crippen molar-refractivity contribution in [1.29, 1.82) is 0 Å². The van der Waals surface area contributed by atoms with Gasteiger partial charge in [0.25, 0.3) is 0 Å². The van der Waals surface area contributed by atoms with Gasteiger partial charge < -0.3 is 4.90 Å². The number of carbonyl (C=O) groups is 1. The van der Waals surface area contributed by atoms with Gasteiger partial charge in [0.15, 0.2) is 0 Å². The van der Waals surface area contributed by atoms with E-state index in [1.165, 1.54) is 20.9 Å². The Balaban J connectivity index is 1.46. The molecule has 1 aliphatic rings. The van der Waals surface area contributed by atoms with E-state index >= 15 is 0 Å². The van der Waals surface area contributed by atoms with Crippen molar-refractivity contribution in [2.24, 2.45) is 0 Å². The van der Waals surface area contributed by atoms with Gasteiger partial charge in [0.2, 0.25) is 5.91 Å². The second-order valence-electron chi connectivity index (χ2n) is 6.29. The van der Waals surface area contributed by atoms with Gasteiger partial charge in [-0.1, -0.05) is 23.8 Å². The minimum Gasteiger partial charge on any atom is -0.339 e. The summed E-state index contributed by atoms with van der Waals surface area (Å²) in [4.78, 5) is 19.6. The normalized spacial score (nSPS) is 15.7. The summed E-state index contributed by atoms with van der Waals surface area (Å²) in [5.74, 6) is 0.798. The monoisotopic (exact) mass is 360 g/mol. The number of carbonyl (C=O) groups excluding carboxylic acids is 1. The molecule has 24 heavy (non-hydrogen) atoms. The second kappa shape index (κ2) is 8.19. The maximum absolute atomic E-state index is 12.5. The largest absolute Gasteiger partial charge is 0.339 e. The van der Waals surface area contributed by atoms with E-state index in [0.717, 1.165) is 32.7 Å². The molecular weight excluding hydrogens is 336 g/mol. The molecule has 0 bridgehead atoms. The molecule has 0 radical (unpaired) electrons. The molecule has 3 nitrogen and oxygen atoms in total. The third-order valence-electron chi connectivity index (χ3n) is 4.38. The van der Waals surface area contributed by atoms with E-state index in [-0.39, 0.29) is 5.91 Å². The summed E-state index contributed by atoms with van der Waals surface area (Å²) < 4.78 is 0. The van der Waals surface area contributed by atoms with Crippen LogP contribution in [0.25, 0.3) is 0 Å². The Hall–Kier alpha value is -1.30. The van der Waals surface area contributed by atoms with Crippen LogP contribution in [0.1, 0.15) is 16.0 Å². The molecule has 1 fully saturated rings. The molecule has 1 amide bonds. The summed E-state index contributed by atoms with van der Waals surface area (Å²) in [5.41, 5.74) is 2.50. The number of rotatable bonds is 5. The van der Waals surface area contributed by atoms with Crippen molar-refractivity contribution >= 4 is 29.0 Å². The van der Waals surface area contributed by atoms with Gasteiger partial charge in [-0.05, 0) is 36.9 Å². The van der Waals surface area contributed by atoms with E-state index in [4.69, 9.17) is 0 Å². The van der Waals surface area contributed by atoms with Crippen LogP contribution < -0.4 is 0 Å². The van der Waals surface area contributed by atoms with E-state index in [1.807, 2.05) is 4.90 Å². The molecule has 1 aromatic carbocycles. The van der Waals surface area contributed by atoms with Crippen molar-refractivity contribution in [2.45, 2.75) is 25.3 Å². The third kappa shape index (κ3) is 4.62. The first kappa shape index (κ1) is 17.5. The first-order valence-corrected chi connectivity index (χ1v) is 10.2. The highest BCUT2D eigenvalue weighted by Crippen LogP contribution is 2.24. The molecule has 5 heteroatoms. The molecular formula is C19H24N2OS2. The highest BCUT2D eigenvalue weighted by Gasteiger charge is 2.21. The van der Waals surface area contributed by atoms with Crippen LogP contribution in [-0.4, -0.2) is 47.6 Å². The summed E-state index contributed by atoms with van der Waals surface area (Å²) in [6.07, 6.45) is 0. The lowest BCUT2D eigenvalue weighted by molar-refractivity contribution is -0.130. The topological polar surface area (TPSA) is 23.6 Å². The summed E-state index contributed by atoms with van der Waals surface area (Å²) in [5, 5.41) is 2.12. The quantitative estimate of drug-likeness (QED) is 0.758. The molecule has 0 spiro atoms. The van der Waals surface area contributed by atoms with Crippen LogP contribution >= 0.6 is 23.1 Å². The Bertz CT molecular complexity index is 677. The van der Waals surface area contributed by atoms with Gasteiger partial charge in [0.1, 0.15) is 0 Å². The van der Waals surface area contributed by atoms with Gasteiger partial charge in [-0.15, -0.1) is 23.1 Å². The van der Waals surface area contributed by atoms with Crippen LogP contribution in [0.15, 0.2) is 40.6 Å². The number of benzene rings is 1. The average molecular weight is 361 g/mol. The highest BCUT2D eigenvalue weighted by molar-refractivity contribution is 8.00. The molecule has 2 heterocycles. The molecule has 128 valence electrons. The molecule has 0 saturated carbocycles. The Kier molecular flexibility index (Phi) is 5.98. The lowest BCUT2D eigenvalue weighted by Crippen LogP contribution is -2.48. The minimum atomic E-state index is 0.261. The van der Waals surface area contributed by atoms with Crippen LogP contribution in [0, 0.1) is 13.8 Å². The van der Waals surface area contributed by atoms with Gasteiger partial charge in [-0.2, -0.15) is 0 Å². The van der Waals surface area contributed by atoms with Gasteiger partial charge in [-0.3, -0.25) is 9.69 Å². The van der Waals surface area contributed by atoms with Gasteiger partial charge >= 0.3 is 0 Å². The summed E-state index contributed by atoms with van der Waals surface area (Å²) >= 11 is 3.47. The van der Waals surface area contributed by atoms with Crippen LogP contribution in [0.3, 0.4) is 0 Å². The molecule has 0 unspecified atom stereocenters. The second-order valence-corrected chi connectivity index (χ2v) is 8.34. The number of thioether (sulfide) groups is 1. The zero-order valence-electron chi connectivity index (χ0n) is 14.3. The van der Waals surface area contributed by atoms with Gasteiger partial charge in [-0.25, -0.2) is 0 Å². The maximum atomic E-state index is 12.5. The van der Waals surface area contributed by atoms with Crippen molar-refractivity contribution < 1.29 is 4.79 Å². The summed E-state index contributed by atoms with van der Waals surface area (Å²) in [6, 6.07) is 10.7. The Labute approximate surface area is 152 Å². The van der Waals surface area contributed by atoms with E-state index in [1.54, 1.807) is 23.1 Å². The zero-order valence-corrected chi connectivity index (χ0v) is 16.0. The molecule has 3 rings (SSSR count). The van der Waals surface area contributed by atoms with E-state index in [9.17, 15) is 4.79 Å². The SMILES string of the molecule is Cc1ccc(C)c(SCC(=O)N2CCN(Cc3cccs3)CC2)c1. The number of hydrogen-bond donors (Lipinski definition) is 0. The lowest BCUT2D eigenvalue weighted by Gasteiger charge is -2.34. The smallest absolute Gasteiger partial charge is 0.233 e. The first-order valence-electron chi connectivity index (χ1n) is 8.34. The van der Waals surface area contributed by atoms with Crippen LogP contribution in [0.5, 0.6) is 0 Å². The van der Waals surface area contributed by atoms with Crippen molar-refractivity contribution in [3.8, 4) is 0 Å². The van der Waals surface area contributed by atoms with E-state index in [0.29, 0.717) is 5.75 Å². The Morgan fingerprint density at radius 3 is 2.67 bits per heavy atom. The fraction of sp³-hybridized carbons (Fsp3) is 0.421. The molecule has 1 saturated heterocycles. The molecule has 0 atom stereocenters. The number of piperazine rings is 1. The molecule has 1 aliphatic heterocycles. The average Bonchev–Trinajstić information content (AvgIpc) is 3.09. The number of amides is 1. The maximum Gasteiger partial charge on any atom is 0.233 e. The molecule has 1 aromatic heterocycles. The van der Waals surface area contributed by atoms with Gasteiger partial charge in [0, 0.05) is 42.5 Å². The number of thiophene rings is 1. The van der Waals surface area contributed by atoms with Crippen molar-refractivity contribution in [3.05, 3.63) is 51.7 Å². The molecule has 2 aromatic rings. The van der Waals surface area contributed by atoms with Crippen molar-refractivity contribution in [2.75, 3.05) is 31.9 Å². The molecule has 0 aliphatic carbocycles. The number of nitrogens with zero attached hydrogens (tertiary/aromatic N) is 2. The predicted molar refractivity (Wildman–Crippen MR) is 103 cm³/mol. The Morgan fingerprint density at radius 1 is 1.17 bits per heavy atom. The fourth-order valence-corrected chi connectivity index (χ4v) is 4.64. The standard InChI is InChI=1S/C19H24N2OS2/c1-15-5-6-16(2)18(12-15)24-14-19(22)21-9-7-20(8-10-21)13-17-4-3-11-23-17/h3-6,11-12H,7-10,13-14H2,1-2H3. The Morgan fingerprint density at radius 2 is 1.96 bits per heavy atom. The predicted octanol–water partition coefficient (Wildman–Crippen LogP) is 3.80. The lowest BCUT2D eigenvalue weighted by atomic mass is 10.2. The van der Waals surface area contributed by atoms with Crippen LogP contribution in [0.4, 0.5) is 0 Å². The highest BCUT2D eigenvalue weighted by atomic mass is 32.2. The first-order chi connectivity index (χ1) is 11.6. The summed E-state index contributed by atoms with van der Waals surface area (Å²) in [6.45, 7) is 8.84. The van der Waals surface area contributed by atoms with Crippen LogP contribution in [-0.2, 0) is 11.3 Å². The number of aryl methyl sites for hydroxylation is 2.